The number of nitrogens with zero attached hydrogens (tertiary/aromatic N) is 1. The maximum Gasteiger partial charge on any atom is 0.119 e. The Kier molecular flexibility index (Phi) is 3.74. The number of methoxy groups -OCH3 is 1. The van der Waals surface area contributed by atoms with E-state index in [-0.39, 0.29) is 0 Å². The lowest BCUT2D eigenvalue weighted by Crippen LogP contribution is -2.53. The fraction of sp³-hybridized carbons (Fsp3) is 0.652. The Labute approximate surface area is 152 Å². The molecule has 0 radical (unpaired) electrons. The zero-order valence-corrected chi connectivity index (χ0v) is 15.7. The second kappa shape index (κ2) is 5.87. The summed E-state index contributed by atoms with van der Waals surface area (Å²) >= 11 is 0. The smallest absolute Gasteiger partial charge is 0.119 e. The Bertz CT molecular complexity index is 691. The van der Waals surface area contributed by atoms with Gasteiger partial charge in [0.15, 0.2) is 0 Å². The summed E-state index contributed by atoms with van der Waals surface area (Å²) in [6.07, 6.45) is 6.87. The van der Waals surface area contributed by atoms with Crippen molar-refractivity contribution < 1.29 is 4.74 Å². The van der Waals surface area contributed by atoms with Gasteiger partial charge in [-0.25, -0.2) is 0 Å². The van der Waals surface area contributed by atoms with Crippen molar-refractivity contribution in [2.45, 2.75) is 51.0 Å². The van der Waals surface area contributed by atoms with Crippen LogP contribution in [-0.2, 0) is 6.42 Å². The van der Waals surface area contributed by atoms with Gasteiger partial charge >= 0.3 is 0 Å². The standard InChI is InChI=1S/C23H31NO/c1-14(2)19-12-21(19)23-18-8-9-24(13-15-4-5-15)22(23)10-16-6-7-17(25-3)11-20(16)18/h6-7,11,15,18-19,21-23H,1,4-5,8-10,12-13H2,2-3H3/t18-,19?,21?,22?,23?/m0/s1. The van der Waals surface area contributed by atoms with Crippen molar-refractivity contribution in [3.8, 4) is 5.75 Å². The summed E-state index contributed by atoms with van der Waals surface area (Å²) in [6, 6.07) is 7.61. The quantitative estimate of drug-likeness (QED) is 0.725. The molecule has 4 aliphatic rings. The van der Waals surface area contributed by atoms with Crippen LogP contribution in [0.25, 0.3) is 0 Å². The summed E-state index contributed by atoms with van der Waals surface area (Å²) in [5.74, 6) is 5.23. The number of rotatable bonds is 5. The number of allylic oxidation sites excluding steroid dienone is 1. The van der Waals surface area contributed by atoms with E-state index in [1.54, 1.807) is 18.2 Å². The van der Waals surface area contributed by atoms with Crippen LogP contribution in [0.15, 0.2) is 30.4 Å². The minimum Gasteiger partial charge on any atom is -0.497 e. The van der Waals surface area contributed by atoms with Gasteiger partial charge in [-0.15, -0.1) is 0 Å². The number of hydrogen-bond acceptors (Lipinski definition) is 2. The molecule has 1 aromatic carbocycles. The third kappa shape index (κ3) is 2.73. The molecule has 0 aromatic heterocycles. The molecule has 3 aliphatic carbocycles. The van der Waals surface area contributed by atoms with E-state index < -0.39 is 0 Å². The minimum absolute atomic E-state index is 0.730. The predicted molar refractivity (Wildman–Crippen MR) is 102 cm³/mol. The van der Waals surface area contributed by atoms with E-state index in [0.717, 1.165) is 41.4 Å². The molecule has 5 atom stereocenters. The highest BCUT2D eigenvalue weighted by atomic mass is 16.5. The molecular weight excluding hydrogens is 306 g/mol. The largest absolute Gasteiger partial charge is 0.497 e. The van der Waals surface area contributed by atoms with Crippen LogP contribution in [0.1, 0.15) is 49.7 Å². The maximum atomic E-state index is 5.55. The van der Waals surface area contributed by atoms with E-state index in [2.05, 4.69) is 36.6 Å². The molecule has 1 heterocycles. The molecule has 25 heavy (non-hydrogen) atoms. The Balaban J connectivity index is 1.49. The molecule has 0 amide bonds. The number of ether oxygens (including phenoxy) is 1. The molecule has 2 bridgehead atoms. The van der Waals surface area contributed by atoms with Crippen LogP contribution in [-0.4, -0.2) is 31.1 Å². The SMILES string of the molecule is C=C(C)C1CC1C1C2Cc3ccc(OC)cc3[C@@H]1CCN2CC1CC1. The molecule has 0 N–H and O–H groups in total. The van der Waals surface area contributed by atoms with E-state index >= 15 is 0 Å². The van der Waals surface area contributed by atoms with Crippen molar-refractivity contribution in [3.05, 3.63) is 41.5 Å². The number of fused-ring (bicyclic) bond motifs is 4. The molecule has 2 saturated carbocycles. The molecule has 3 fully saturated rings. The summed E-state index contributed by atoms with van der Waals surface area (Å²) in [4.78, 5) is 2.87. The molecular formula is C23H31NO. The van der Waals surface area contributed by atoms with Crippen LogP contribution in [0.3, 0.4) is 0 Å². The van der Waals surface area contributed by atoms with Gasteiger partial charge in [0.2, 0.25) is 0 Å². The Morgan fingerprint density at radius 2 is 2.12 bits per heavy atom. The first-order valence-electron chi connectivity index (χ1n) is 10.2. The molecule has 2 heteroatoms. The first kappa shape index (κ1) is 15.9. The first-order chi connectivity index (χ1) is 12.2. The average Bonchev–Trinajstić information content (AvgIpc) is 3.51. The molecule has 4 unspecified atom stereocenters. The van der Waals surface area contributed by atoms with Gasteiger partial charge in [0, 0.05) is 12.6 Å². The van der Waals surface area contributed by atoms with E-state index in [9.17, 15) is 0 Å². The Morgan fingerprint density at radius 3 is 2.80 bits per heavy atom. The van der Waals surface area contributed by atoms with Crippen LogP contribution in [0.2, 0.25) is 0 Å². The van der Waals surface area contributed by atoms with Crippen molar-refractivity contribution in [2.24, 2.45) is 23.7 Å². The lowest BCUT2D eigenvalue weighted by Gasteiger charge is -2.50. The monoisotopic (exact) mass is 337 g/mol. The lowest BCUT2D eigenvalue weighted by molar-refractivity contribution is 0.0475. The highest BCUT2D eigenvalue weighted by molar-refractivity contribution is 5.42. The Morgan fingerprint density at radius 1 is 1.28 bits per heavy atom. The zero-order valence-electron chi connectivity index (χ0n) is 15.7. The summed E-state index contributed by atoms with van der Waals surface area (Å²) in [6.45, 7) is 9.16. The predicted octanol–water partition coefficient (Wildman–Crippen LogP) is 4.65. The summed E-state index contributed by atoms with van der Waals surface area (Å²) in [7, 11) is 1.79. The van der Waals surface area contributed by atoms with Crippen molar-refractivity contribution in [2.75, 3.05) is 20.2 Å². The zero-order chi connectivity index (χ0) is 17.1. The highest BCUT2D eigenvalue weighted by Gasteiger charge is 2.54. The molecule has 1 aliphatic heterocycles. The Hall–Kier alpha value is -1.28. The average molecular weight is 338 g/mol. The van der Waals surface area contributed by atoms with Crippen molar-refractivity contribution >= 4 is 0 Å². The van der Waals surface area contributed by atoms with Gasteiger partial charge in [0.25, 0.3) is 0 Å². The van der Waals surface area contributed by atoms with Crippen LogP contribution >= 0.6 is 0 Å². The summed E-state index contributed by atoms with van der Waals surface area (Å²) in [5, 5.41) is 0. The molecule has 1 aromatic rings. The van der Waals surface area contributed by atoms with Gasteiger partial charge in [-0.3, -0.25) is 4.90 Å². The fourth-order valence-electron chi connectivity index (χ4n) is 5.91. The fourth-order valence-corrected chi connectivity index (χ4v) is 5.91. The number of benzene rings is 1. The summed E-state index contributed by atoms with van der Waals surface area (Å²) < 4.78 is 5.55. The number of likely N-dealkylation sites (tertiary alicyclic amines) is 1. The van der Waals surface area contributed by atoms with E-state index in [0.29, 0.717) is 0 Å². The van der Waals surface area contributed by atoms with E-state index in [1.807, 2.05) is 0 Å². The van der Waals surface area contributed by atoms with Crippen molar-refractivity contribution in [3.63, 3.8) is 0 Å². The van der Waals surface area contributed by atoms with Crippen molar-refractivity contribution in [1.82, 2.24) is 4.90 Å². The normalized spacial score (nSPS) is 36.6. The second-order valence-electron chi connectivity index (χ2n) is 9.10. The minimum atomic E-state index is 0.730. The van der Waals surface area contributed by atoms with E-state index in [1.165, 1.54) is 50.8 Å². The third-order valence-electron chi connectivity index (χ3n) is 7.44. The van der Waals surface area contributed by atoms with Crippen LogP contribution in [0, 0.1) is 23.7 Å². The van der Waals surface area contributed by atoms with Crippen LogP contribution in [0.5, 0.6) is 5.75 Å². The topological polar surface area (TPSA) is 12.5 Å². The van der Waals surface area contributed by atoms with Crippen LogP contribution in [0.4, 0.5) is 0 Å². The third-order valence-corrected chi connectivity index (χ3v) is 7.44. The second-order valence-corrected chi connectivity index (χ2v) is 9.10. The van der Waals surface area contributed by atoms with Crippen LogP contribution < -0.4 is 4.74 Å². The van der Waals surface area contributed by atoms with E-state index in [4.69, 9.17) is 4.74 Å². The van der Waals surface area contributed by atoms with Gasteiger partial charge in [-0.2, -0.15) is 0 Å². The maximum absolute atomic E-state index is 5.55. The first-order valence-corrected chi connectivity index (χ1v) is 10.2. The van der Waals surface area contributed by atoms with Gasteiger partial charge in [0.05, 0.1) is 7.11 Å². The molecule has 2 nitrogen and oxygen atoms in total. The molecule has 5 rings (SSSR count). The van der Waals surface area contributed by atoms with Gasteiger partial charge in [-0.05, 0) is 98.4 Å². The lowest BCUT2D eigenvalue weighted by atomic mass is 9.65. The molecule has 134 valence electrons. The summed E-state index contributed by atoms with van der Waals surface area (Å²) in [5.41, 5.74) is 4.59. The van der Waals surface area contributed by atoms with Crippen molar-refractivity contribution in [1.29, 1.82) is 0 Å². The number of hydrogen-bond donors (Lipinski definition) is 0. The number of piperidine rings is 1. The van der Waals surface area contributed by atoms with Gasteiger partial charge in [-0.1, -0.05) is 18.2 Å². The molecule has 0 spiro atoms. The van der Waals surface area contributed by atoms with Gasteiger partial charge < -0.3 is 4.74 Å². The highest BCUT2D eigenvalue weighted by Crippen LogP contribution is 2.59. The van der Waals surface area contributed by atoms with Gasteiger partial charge in [0.1, 0.15) is 5.75 Å². The molecule has 1 saturated heterocycles.